The standard InChI is InChI=1S/C23H28N6O/c1-24-17-4-6-18(7-5-17)28-22-19-11-15(3-8-20(19)26-14-27-22)16-12-21-23(25-13-16)29(2)9-10-30-21/h3,8,11-14,17-18,24H,4-7,9-10H2,1-2H3,(H,26,27,28). The normalized spacial score (nSPS) is 21.2. The van der Waals surface area contributed by atoms with E-state index in [1.54, 1.807) is 6.33 Å². The fraction of sp³-hybridized carbons (Fsp3) is 0.435. The van der Waals surface area contributed by atoms with E-state index in [2.05, 4.69) is 61.8 Å². The molecule has 1 saturated carbocycles. The lowest BCUT2D eigenvalue weighted by Gasteiger charge is -2.29. The van der Waals surface area contributed by atoms with Crippen molar-refractivity contribution in [2.75, 3.05) is 37.5 Å². The Morgan fingerprint density at radius 3 is 2.67 bits per heavy atom. The van der Waals surface area contributed by atoms with Gasteiger partial charge < -0.3 is 20.3 Å². The molecule has 0 bridgehead atoms. The summed E-state index contributed by atoms with van der Waals surface area (Å²) >= 11 is 0. The molecule has 30 heavy (non-hydrogen) atoms. The van der Waals surface area contributed by atoms with Gasteiger partial charge in [0.05, 0.1) is 12.1 Å². The molecule has 2 aliphatic rings. The minimum Gasteiger partial charge on any atom is -0.488 e. The van der Waals surface area contributed by atoms with E-state index < -0.39 is 0 Å². The summed E-state index contributed by atoms with van der Waals surface area (Å²) in [5.41, 5.74) is 3.07. The van der Waals surface area contributed by atoms with Crippen LogP contribution in [0.15, 0.2) is 36.8 Å². The van der Waals surface area contributed by atoms with Gasteiger partial charge in [0.2, 0.25) is 0 Å². The molecule has 0 saturated heterocycles. The Hall–Kier alpha value is -2.93. The number of benzene rings is 1. The number of nitrogens with zero attached hydrogens (tertiary/aromatic N) is 4. The largest absolute Gasteiger partial charge is 0.488 e. The Bertz CT molecular complexity index is 1050. The smallest absolute Gasteiger partial charge is 0.171 e. The average Bonchev–Trinajstić information content (AvgIpc) is 2.79. The summed E-state index contributed by atoms with van der Waals surface area (Å²) in [5.74, 6) is 2.65. The SMILES string of the molecule is CNC1CCC(Nc2ncnc3ccc(-c4cnc5c(c4)OCCN5C)cc23)CC1. The zero-order valence-corrected chi connectivity index (χ0v) is 17.6. The summed E-state index contributed by atoms with van der Waals surface area (Å²) < 4.78 is 5.84. The van der Waals surface area contributed by atoms with Crippen LogP contribution >= 0.6 is 0 Å². The van der Waals surface area contributed by atoms with Crippen molar-refractivity contribution < 1.29 is 4.74 Å². The van der Waals surface area contributed by atoms with Gasteiger partial charge in [-0.25, -0.2) is 15.0 Å². The van der Waals surface area contributed by atoms with E-state index >= 15 is 0 Å². The van der Waals surface area contributed by atoms with Crippen molar-refractivity contribution in [2.45, 2.75) is 37.8 Å². The molecule has 0 radical (unpaired) electrons. The molecule has 2 aromatic heterocycles. The molecular formula is C23H28N6O. The molecule has 3 heterocycles. The molecule has 2 N–H and O–H groups in total. The van der Waals surface area contributed by atoms with Crippen LogP contribution < -0.4 is 20.3 Å². The third kappa shape index (κ3) is 3.65. The number of rotatable bonds is 4. The maximum atomic E-state index is 5.84. The van der Waals surface area contributed by atoms with Gasteiger partial charge >= 0.3 is 0 Å². The lowest BCUT2D eigenvalue weighted by Crippen LogP contribution is -2.35. The van der Waals surface area contributed by atoms with Crippen LogP contribution in [-0.2, 0) is 0 Å². The molecule has 1 aliphatic carbocycles. The topological polar surface area (TPSA) is 75.2 Å². The molecule has 3 aromatic rings. The van der Waals surface area contributed by atoms with E-state index in [4.69, 9.17) is 4.74 Å². The summed E-state index contributed by atoms with van der Waals surface area (Å²) in [6.07, 6.45) is 8.25. The predicted molar refractivity (Wildman–Crippen MR) is 120 cm³/mol. The van der Waals surface area contributed by atoms with Crippen LogP contribution in [0, 0.1) is 0 Å². The maximum absolute atomic E-state index is 5.84. The summed E-state index contributed by atoms with van der Waals surface area (Å²) in [5, 5.41) is 8.12. The van der Waals surface area contributed by atoms with Crippen molar-refractivity contribution in [1.82, 2.24) is 20.3 Å². The van der Waals surface area contributed by atoms with E-state index in [1.807, 2.05) is 13.2 Å². The summed E-state index contributed by atoms with van der Waals surface area (Å²) in [4.78, 5) is 15.8. The second kappa shape index (κ2) is 8.07. The van der Waals surface area contributed by atoms with E-state index in [0.717, 1.165) is 58.8 Å². The van der Waals surface area contributed by atoms with Gasteiger partial charge in [0.1, 0.15) is 18.8 Å². The summed E-state index contributed by atoms with van der Waals surface area (Å²) in [7, 11) is 4.10. The highest BCUT2D eigenvalue weighted by atomic mass is 16.5. The Morgan fingerprint density at radius 2 is 1.83 bits per heavy atom. The van der Waals surface area contributed by atoms with Gasteiger partial charge in [-0.2, -0.15) is 0 Å². The van der Waals surface area contributed by atoms with Gasteiger partial charge in [0.25, 0.3) is 0 Å². The summed E-state index contributed by atoms with van der Waals surface area (Å²) in [6.45, 7) is 1.54. The van der Waals surface area contributed by atoms with Crippen LogP contribution in [0.5, 0.6) is 5.75 Å². The van der Waals surface area contributed by atoms with Crippen molar-refractivity contribution in [1.29, 1.82) is 0 Å². The zero-order chi connectivity index (χ0) is 20.5. The molecule has 0 atom stereocenters. The van der Waals surface area contributed by atoms with Crippen molar-refractivity contribution in [2.24, 2.45) is 0 Å². The lowest BCUT2D eigenvalue weighted by molar-refractivity contribution is 0.309. The molecule has 7 heteroatoms. The number of hydrogen-bond acceptors (Lipinski definition) is 7. The fourth-order valence-corrected chi connectivity index (χ4v) is 4.46. The first-order valence-electron chi connectivity index (χ1n) is 10.7. The molecule has 0 amide bonds. The van der Waals surface area contributed by atoms with Crippen LogP contribution in [0.3, 0.4) is 0 Å². The predicted octanol–water partition coefficient (Wildman–Crippen LogP) is 3.46. The molecule has 7 nitrogen and oxygen atoms in total. The molecule has 156 valence electrons. The Labute approximate surface area is 176 Å². The summed E-state index contributed by atoms with van der Waals surface area (Å²) in [6, 6.07) is 9.47. The number of anilines is 2. The van der Waals surface area contributed by atoms with Crippen molar-refractivity contribution in [3.63, 3.8) is 0 Å². The minimum absolute atomic E-state index is 0.450. The molecular weight excluding hydrogens is 376 g/mol. The third-order valence-electron chi connectivity index (χ3n) is 6.32. The van der Waals surface area contributed by atoms with Gasteiger partial charge in [0, 0.05) is 36.3 Å². The fourth-order valence-electron chi connectivity index (χ4n) is 4.46. The van der Waals surface area contributed by atoms with Gasteiger partial charge in [-0.3, -0.25) is 0 Å². The van der Waals surface area contributed by atoms with Crippen LogP contribution in [-0.4, -0.2) is 54.3 Å². The average molecular weight is 405 g/mol. The first-order chi connectivity index (χ1) is 14.7. The number of aromatic nitrogens is 3. The second-order valence-corrected chi connectivity index (χ2v) is 8.25. The first-order valence-corrected chi connectivity index (χ1v) is 10.7. The minimum atomic E-state index is 0.450. The van der Waals surface area contributed by atoms with Crippen LogP contribution in [0.1, 0.15) is 25.7 Å². The second-order valence-electron chi connectivity index (χ2n) is 8.25. The van der Waals surface area contributed by atoms with E-state index in [9.17, 15) is 0 Å². The highest BCUT2D eigenvalue weighted by molar-refractivity contribution is 5.92. The first kappa shape index (κ1) is 19.1. The maximum Gasteiger partial charge on any atom is 0.171 e. The number of ether oxygens (including phenoxy) is 1. The molecule has 0 spiro atoms. The van der Waals surface area contributed by atoms with Gasteiger partial charge in [-0.05, 0) is 56.5 Å². The van der Waals surface area contributed by atoms with E-state index in [-0.39, 0.29) is 0 Å². The molecule has 5 rings (SSSR count). The van der Waals surface area contributed by atoms with Crippen molar-refractivity contribution in [3.05, 3.63) is 36.8 Å². The van der Waals surface area contributed by atoms with Gasteiger partial charge in [0.15, 0.2) is 11.6 Å². The van der Waals surface area contributed by atoms with Gasteiger partial charge in [-0.15, -0.1) is 0 Å². The van der Waals surface area contributed by atoms with Crippen LogP contribution in [0.4, 0.5) is 11.6 Å². The Balaban J connectivity index is 1.45. The number of nitrogens with one attached hydrogen (secondary N) is 2. The molecule has 0 unspecified atom stereocenters. The quantitative estimate of drug-likeness (QED) is 0.690. The highest BCUT2D eigenvalue weighted by Crippen LogP contribution is 2.34. The molecule has 1 fully saturated rings. The Kier molecular flexibility index (Phi) is 5.12. The number of fused-ring (bicyclic) bond motifs is 2. The highest BCUT2D eigenvalue weighted by Gasteiger charge is 2.21. The molecule has 1 aromatic carbocycles. The zero-order valence-electron chi connectivity index (χ0n) is 17.6. The number of pyridine rings is 1. The van der Waals surface area contributed by atoms with Crippen molar-refractivity contribution in [3.8, 4) is 16.9 Å². The van der Waals surface area contributed by atoms with E-state index in [0.29, 0.717) is 18.7 Å². The third-order valence-corrected chi connectivity index (χ3v) is 6.32. The lowest BCUT2D eigenvalue weighted by atomic mass is 9.91. The van der Waals surface area contributed by atoms with Crippen molar-refractivity contribution >= 4 is 22.5 Å². The number of hydrogen-bond donors (Lipinski definition) is 2. The van der Waals surface area contributed by atoms with Crippen LogP contribution in [0.2, 0.25) is 0 Å². The Morgan fingerprint density at radius 1 is 1.00 bits per heavy atom. The molecule has 1 aliphatic heterocycles. The monoisotopic (exact) mass is 404 g/mol. The van der Waals surface area contributed by atoms with E-state index in [1.165, 1.54) is 12.8 Å². The van der Waals surface area contributed by atoms with Gasteiger partial charge in [-0.1, -0.05) is 6.07 Å². The van der Waals surface area contributed by atoms with Crippen LogP contribution in [0.25, 0.3) is 22.0 Å². The number of likely N-dealkylation sites (N-methyl/N-ethyl adjacent to an activating group) is 1.